The lowest BCUT2D eigenvalue weighted by Crippen LogP contribution is -2.46. The highest BCUT2D eigenvalue weighted by Crippen LogP contribution is 2.37. The number of rotatable bonds is 7. The second kappa shape index (κ2) is 10.2. The summed E-state index contributed by atoms with van der Waals surface area (Å²) in [6, 6.07) is 15.7. The largest absolute Gasteiger partial charge is 0.495 e. The minimum Gasteiger partial charge on any atom is -0.495 e. The number of hydrogen-bond donors (Lipinski definition) is 0. The van der Waals surface area contributed by atoms with E-state index in [-0.39, 0.29) is 11.7 Å². The Kier molecular flexibility index (Phi) is 6.88. The Morgan fingerprint density at radius 1 is 1.09 bits per heavy atom. The van der Waals surface area contributed by atoms with Gasteiger partial charge in [-0.2, -0.15) is 0 Å². The fourth-order valence-corrected chi connectivity index (χ4v) is 5.39. The molecule has 1 unspecified atom stereocenters. The number of halogens is 1. The van der Waals surface area contributed by atoms with E-state index in [1.165, 1.54) is 0 Å². The van der Waals surface area contributed by atoms with Gasteiger partial charge in [-0.15, -0.1) is 0 Å². The highest BCUT2D eigenvalue weighted by atomic mass is 35.5. The number of methoxy groups -OCH3 is 1. The number of aryl methyl sites for hydroxylation is 1. The van der Waals surface area contributed by atoms with Crippen LogP contribution in [0, 0.1) is 5.92 Å². The lowest BCUT2D eigenvalue weighted by molar-refractivity contribution is 0.0884. The normalized spacial score (nSPS) is 18.7. The van der Waals surface area contributed by atoms with Crippen LogP contribution in [0.4, 0.5) is 5.69 Å². The van der Waals surface area contributed by atoms with Gasteiger partial charge in [0.1, 0.15) is 17.2 Å². The molecule has 0 spiro atoms. The predicted octanol–water partition coefficient (Wildman–Crippen LogP) is 5.35. The molecule has 34 heavy (non-hydrogen) atoms. The van der Waals surface area contributed by atoms with E-state index < -0.39 is 0 Å². The quantitative estimate of drug-likeness (QED) is 0.455. The maximum Gasteiger partial charge on any atom is 0.171 e. The molecule has 0 saturated carbocycles. The monoisotopic (exact) mass is 479 g/mol. The van der Waals surface area contributed by atoms with Crippen LogP contribution in [0.5, 0.6) is 5.75 Å². The molecule has 0 amide bonds. The van der Waals surface area contributed by atoms with Crippen LogP contribution in [0.2, 0.25) is 5.02 Å². The Morgan fingerprint density at radius 2 is 1.85 bits per heavy atom. The lowest BCUT2D eigenvalue weighted by atomic mass is 9.82. The van der Waals surface area contributed by atoms with E-state index in [9.17, 15) is 4.79 Å². The summed E-state index contributed by atoms with van der Waals surface area (Å²) in [6.07, 6.45) is 3.47. The second-order valence-electron chi connectivity index (χ2n) is 9.05. The molecule has 7 heteroatoms. The van der Waals surface area contributed by atoms with Gasteiger partial charge in [-0.25, -0.2) is 0 Å². The van der Waals surface area contributed by atoms with Gasteiger partial charge in [-0.05, 0) is 44.0 Å². The third kappa shape index (κ3) is 4.57. The molecule has 0 N–H and O–H groups in total. The number of nitrogens with zero attached hydrogens (tertiary/aromatic N) is 3. The fourth-order valence-electron chi connectivity index (χ4n) is 5.17. The summed E-state index contributed by atoms with van der Waals surface area (Å²) < 4.78 is 11.1. The Labute approximate surface area is 205 Å². The molecular formula is C27H30ClN3O3. The first-order valence-corrected chi connectivity index (χ1v) is 12.4. The zero-order chi connectivity index (χ0) is 23.5. The van der Waals surface area contributed by atoms with E-state index in [1.807, 2.05) is 36.4 Å². The number of ether oxygens (including phenoxy) is 1. The predicted molar refractivity (Wildman–Crippen MR) is 134 cm³/mol. The Morgan fingerprint density at radius 3 is 2.65 bits per heavy atom. The molecule has 3 aromatic rings. The number of carbonyl (C=O) groups excluding carboxylic acids is 1. The van der Waals surface area contributed by atoms with Crippen LogP contribution in [0.15, 0.2) is 53.1 Å². The average Bonchev–Trinajstić information content (AvgIpc) is 3.31. The van der Waals surface area contributed by atoms with Gasteiger partial charge in [0, 0.05) is 44.1 Å². The highest BCUT2D eigenvalue weighted by molar-refractivity contribution is 6.33. The maximum absolute atomic E-state index is 13.4. The number of anilines is 1. The molecule has 1 aliphatic carbocycles. The molecule has 1 saturated heterocycles. The summed E-state index contributed by atoms with van der Waals surface area (Å²) in [5, 5.41) is 4.79. The van der Waals surface area contributed by atoms with Crippen molar-refractivity contribution < 1.29 is 14.1 Å². The van der Waals surface area contributed by atoms with Crippen molar-refractivity contribution in [3.05, 3.63) is 64.9 Å². The summed E-state index contributed by atoms with van der Waals surface area (Å²) >= 11 is 6.37. The van der Waals surface area contributed by atoms with Crippen molar-refractivity contribution >= 4 is 23.1 Å². The molecular weight excluding hydrogens is 450 g/mol. The molecule has 1 aromatic heterocycles. The van der Waals surface area contributed by atoms with E-state index in [0.717, 1.165) is 75.4 Å². The van der Waals surface area contributed by atoms with Gasteiger partial charge in [0.15, 0.2) is 5.78 Å². The van der Waals surface area contributed by atoms with E-state index >= 15 is 0 Å². The van der Waals surface area contributed by atoms with Crippen molar-refractivity contribution in [2.24, 2.45) is 5.92 Å². The van der Waals surface area contributed by atoms with Crippen molar-refractivity contribution in [1.82, 2.24) is 10.1 Å². The smallest absolute Gasteiger partial charge is 0.171 e. The molecule has 178 valence electrons. The number of benzene rings is 2. The van der Waals surface area contributed by atoms with Crippen molar-refractivity contribution in [2.45, 2.75) is 25.7 Å². The van der Waals surface area contributed by atoms with Crippen LogP contribution in [0.1, 0.15) is 35.4 Å². The van der Waals surface area contributed by atoms with Crippen LogP contribution in [0.3, 0.4) is 0 Å². The van der Waals surface area contributed by atoms with Gasteiger partial charge >= 0.3 is 0 Å². The first-order valence-electron chi connectivity index (χ1n) is 12.0. The van der Waals surface area contributed by atoms with E-state index in [0.29, 0.717) is 22.0 Å². The topological polar surface area (TPSA) is 58.8 Å². The zero-order valence-corrected chi connectivity index (χ0v) is 20.3. The molecule has 1 fully saturated rings. The van der Waals surface area contributed by atoms with E-state index in [2.05, 4.69) is 27.1 Å². The minimum atomic E-state index is 0.0167. The molecule has 0 bridgehead atoms. The summed E-state index contributed by atoms with van der Waals surface area (Å²) in [6.45, 7) is 5.01. The third-order valence-electron chi connectivity index (χ3n) is 7.05. The zero-order valence-electron chi connectivity index (χ0n) is 19.5. The number of aromatic nitrogens is 1. The number of hydrogen-bond acceptors (Lipinski definition) is 6. The summed E-state index contributed by atoms with van der Waals surface area (Å²) in [5.74, 6) is 1.79. The van der Waals surface area contributed by atoms with E-state index in [1.54, 1.807) is 7.11 Å². The van der Waals surface area contributed by atoms with Crippen LogP contribution < -0.4 is 9.64 Å². The SMILES string of the molecule is COc1ccccc1N1CCN(CCCC2CCc3onc(-c4ccccc4Cl)c3C2=O)CC1. The number of piperazine rings is 1. The maximum atomic E-state index is 13.4. The fraction of sp³-hybridized carbons (Fsp3) is 0.407. The number of Topliss-reactive ketones (excluding diaryl/α,β-unsaturated/α-hetero) is 1. The summed E-state index contributed by atoms with van der Waals surface area (Å²) in [4.78, 5) is 18.2. The van der Waals surface area contributed by atoms with Crippen molar-refractivity contribution in [1.29, 1.82) is 0 Å². The number of para-hydroxylation sites is 2. The molecule has 1 aliphatic heterocycles. The number of ketones is 1. The van der Waals surface area contributed by atoms with E-state index in [4.69, 9.17) is 20.9 Å². The average molecular weight is 480 g/mol. The molecule has 2 aromatic carbocycles. The van der Waals surface area contributed by atoms with Gasteiger partial charge in [0.05, 0.1) is 23.4 Å². The molecule has 0 radical (unpaired) electrons. The highest BCUT2D eigenvalue weighted by Gasteiger charge is 2.34. The van der Waals surface area contributed by atoms with Gasteiger partial charge in [0.25, 0.3) is 0 Å². The van der Waals surface area contributed by atoms with Crippen molar-refractivity contribution in [2.75, 3.05) is 44.7 Å². The lowest BCUT2D eigenvalue weighted by Gasteiger charge is -2.36. The summed E-state index contributed by atoms with van der Waals surface area (Å²) in [5.41, 5.74) is 3.14. The van der Waals surface area contributed by atoms with Gasteiger partial charge < -0.3 is 14.2 Å². The molecule has 5 rings (SSSR count). The van der Waals surface area contributed by atoms with Crippen molar-refractivity contribution in [3.63, 3.8) is 0 Å². The van der Waals surface area contributed by atoms with Crippen LogP contribution in [-0.4, -0.2) is 55.7 Å². The Hall–Kier alpha value is -2.83. The second-order valence-corrected chi connectivity index (χ2v) is 9.46. The molecule has 2 heterocycles. The minimum absolute atomic E-state index is 0.0167. The van der Waals surface area contributed by atoms with Crippen LogP contribution in [-0.2, 0) is 6.42 Å². The Balaban J connectivity index is 1.16. The van der Waals surface area contributed by atoms with Gasteiger partial charge in [-0.3, -0.25) is 9.69 Å². The Bertz CT molecular complexity index is 1150. The third-order valence-corrected chi connectivity index (χ3v) is 7.38. The van der Waals surface area contributed by atoms with Crippen LogP contribution >= 0.6 is 11.6 Å². The first-order chi connectivity index (χ1) is 16.7. The molecule has 2 aliphatic rings. The standard InChI is InChI=1S/C27H30ClN3O3/c1-33-23-11-5-4-10-22(23)31-17-15-30(16-18-31)14-6-7-19-12-13-24-25(27(19)32)26(29-34-24)20-8-2-3-9-21(20)28/h2-5,8-11,19H,6-7,12-18H2,1H3. The molecule has 6 nitrogen and oxygen atoms in total. The number of fused-ring (bicyclic) bond motifs is 1. The van der Waals surface area contributed by atoms with Crippen molar-refractivity contribution in [3.8, 4) is 17.0 Å². The van der Waals surface area contributed by atoms with Crippen LogP contribution in [0.25, 0.3) is 11.3 Å². The number of carbonyl (C=O) groups is 1. The first kappa shape index (κ1) is 22.9. The summed E-state index contributed by atoms with van der Waals surface area (Å²) in [7, 11) is 1.72. The van der Waals surface area contributed by atoms with Gasteiger partial charge in [-0.1, -0.05) is 47.1 Å². The van der Waals surface area contributed by atoms with Gasteiger partial charge in [0.2, 0.25) is 0 Å². The molecule has 1 atom stereocenters.